The molecule has 3 nitrogen and oxygen atoms in total. The fourth-order valence-corrected chi connectivity index (χ4v) is 3.50. The molecule has 29 heavy (non-hydrogen) atoms. The number of cyclic esters (lactones) is 1. The molecule has 0 aromatic heterocycles. The van der Waals surface area contributed by atoms with Crippen LogP contribution in [0, 0.1) is 0 Å². The van der Waals surface area contributed by atoms with Crippen molar-refractivity contribution in [3.8, 4) is 0 Å². The number of ketones is 1. The van der Waals surface area contributed by atoms with Crippen LogP contribution in [0.4, 0.5) is 0 Å². The maximum absolute atomic E-state index is 11.4. The minimum atomic E-state index is -0.189. The molecular weight excluding hydrogens is 360 g/mol. The number of hydrogen-bond acceptors (Lipinski definition) is 3. The minimum Gasteiger partial charge on any atom is -0.457 e. The van der Waals surface area contributed by atoms with Gasteiger partial charge in [0.15, 0.2) is 5.78 Å². The van der Waals surface area contributed by atoms with Crippen LogP contribution in [0.25, 0.3) is 0 Å². The Balaban J connectivity index is 0.000000200. The quantitative estimate of drug-likeness (QED) is 0.485. The molecule has 2 aliphatic rings. The van der Waals surface area contributed by atoms with Crippen LogP contribution in [0.1, 0.15) is 98.4 Å². The fraction of sp³-hybridized carbons (Fsp3) is 0.462. The number of ether oxygens (including phenoxy) is 1. The molecule has 0 unspecified atom stereocenters. The first-order chi connectivity index (χ1) is 13.0. The Morgan fingerprint density at radius 3 is 1.93 bits per heavy atom. The highest BCUT2D eigenvalue weighted by Crippen LogP contribution is 2.29. The Bertz CT molecular complexity index is 924. The largest absolute Gasteiger partial charge is 0.457 e. The van der Waals surface area contributed by atoms with Crippen LogP contribution < -0.4 is 0 Å². The smallest absolute Gasteiger partial charge is 0.338 e. The molecule has 0 atom stereocenters. The van der Waals surface area contributed by atoms with E-state index in [1.165, 1.54) is 16.7 Å². The average Bonchev–Trinajstić information content (AvgIpc) is 3.17. The predicted octanol–water partition coefficient (Wildman–Crippen LogP) is 6.40. The zero-order valence-electron chi connectivity index (χ0n) is 17.8. The summed E-state index contributed by atoms with van der Waals surface area (Å²) in [6, 6.07) is 12.3. The third kappa shape index (κ3) is 4.95. The van der Waals surface area contributed by atoms with Crippen LogP contribution in [0.2, 0.25) is 0 Å². The van der Waals surface area contributed by atoms with Crippen molar-refractivity contribution in [3.05, 3.63) is 69.8 Å². The van der Waals surface area contributed by atoms with Crippen LogP contribution >= 0.6 is 0 Å². The lowest BCUT2D eigenvalue weighted by Crippen LogP contribution is -2.11. The standard InChI is InChI=1S/C13H16O.C12H14O2.CH4/c1-13(2,3)10-5-6-11-9(8-10)4-7-12(11)14;1-12(2,3)9-5-4-8-7-14-11(13)10(8)6-9;/h5-6,8H,4,7H2,1-3H3;4-6H,7H2,1-3H3;1H4. The topological polar surface area (TPSA) is 43.4 Å². The molecule has 0 radical (unpaired) electrons. The van der Waals surface area contributed by atoms with Crippen LogP contribution in [0.15, 0.2) is 36.4 Å². The summed E-state index contributed by atoms with van der Waals surface area (Å²) in [5, 5.41) is 0. The van der Waals surface area contributed by atoms with Gasteiger partial charge in [-0.05, 0) is 40.0 Å². The number of benzene rings is 2. The average molecular weight is 395 g/mol. The van der Waals surface area contributed by atoms with Gasteiger partial charge in [-0.3, -0.25) is 4.79 Å². The maximum Gasteiger partial charge on any atom is 0.338 e. The lowest BCUT2D eigenvalue weighted by Gasteiger charge is -2.19. The molecule has 1 aliphatic heterocycles. The SMILES string of the molecule is C.CC(C)(C)c1ccc2c(c1)C(=O)OC2.CC(C)(C)c1ccc2c(c1)CCC2=O. The monoisotopic (exact) mass is 394 g/mol. The molecule has 0 saturated heterocycles. The van der Waals surface area contributed by atoms with Crippen LogP contribution in [0.5, 0.6) is 0 Å². The van der Waals surface area contributed by atoms with Crippen molar-refractivity contribution in [1.29, 1.82) is 0 Å². The molecular formula is C26H34O3. The Hall–Kier alpha value is -2.42. The molecule has 0 bridgehead atoms. The summed E-state index contributed by atoms with van der Waals surface area (Å²) in [6.45, 7) is 13.4. The predicted molar refractivity (Wildman–Crippen MR) is 119 cm³/mol. The Kier molecular flexibility index (Phi) is 6.42. The van der Waals surface area contributed by atoms with Gasteiger partial charge in [-0.15, -0.1) is 0 Å². The first-order valence-corrected chi connectivity index (χ1v) is 9.94. The molecule has 0 fully saturated rings. The van der Waals surface area contributed by atoms with Gasteiger partial charge in [0.2, 0.25) is 0 Å². The zero-order valence-corrected chi connectivity index (χ0v) is 17.8. The summed E-state index contributed by atoms with van der Waals surface area (Å²) in [5.41, 5.74) is 6.68. The van der Waals surface area contributed by atoms with E-state index in [0.29, 0.717) is 18.8 Å². The van der Waals surface area contributed by atoms with E-state index in [4.69, 9.17) is 4.74 Å². The van der Waals surface area contributed by atoms with E-state index in [9.17, 15) is 9.59 Å². The number of Topliss-reactive ketones (excluding diaryl/α,β-unsaturated/α-hetero) is 1. The van der Waals surface area contributed by atoms with E-state index in [0.717, 1.165) is 23.1 Å². The molecule has 0 saturated carbocycles. The summed E-state index contributed by atoms with van der Waals surface area (Å²) >= 11 is 0. The van der Waals surface area contributed by atoms with Crippen LogP contribution in [0.3, 0.4) is 0 Å². The van der Waals surface area contributed by atoms with Gasteiger partial charge in [-0.25, -0.2) is 4.79 Å². The summed E-state index contributed by atoms with van der Waals surface area (Å²) in [7, 11) is 0. The molecule has 0 N–H and O–H groups in total. The molecule has 0 spiro atoms. The Morgan fingerprint density at radius 2 is 1.31 bits per heavy atom. The van der Waals surface area contributed by atoms with Gasteiger partial charge in [0.05, 0.1) is 5.56 Å². The van der Waals surface area contributed by atoms with E-state index in [1.54, 1.807) is 0 Å². The summed E-state index contributed by atoms with van der Waals surface area (Å²) < 4.78 is 4.95. The van der Waals surface area contributed by atoms with E-state index in [2.05, 4.69) is 59.7 Å². The van der Waals surface area contributed by atoms with Crippen molar-refractivity contribution in [2.75, 3.05) is 0 Å². The molecule has 1 heterocycles. The number of carbonyl (C=O) groups excluding carboxylic acids is 2. The van der Waals surface area contributed by atoms with E-state index in [-0.39, 0.29) is 24.2 Å². The minimum absolute atomic E-state index is 0. The summed E-state index contributed by atoms with van der Waals surface area (Å²) in [6.07, 6.45) is 1.63. The normalized spacial score (nSPS) is 15.0. The van der Waals surface area contributed by atoms with Crippen molar-refractivity contribution >= 4 is 11.8 Å². The third-order valence-electron chi connectivity index (χ3n) is 5.45. The van der Waals surface area contributed by atoms with Gasteiger partial charge < -0.3 is 4.74 Å². The van der Waals surface area contributed by atoms with Gasteiger partial charge >= 0.3 is 5.97 Å². The van der Waals surface area contributed by atoms with Gasteiger partial charge in [0.1, 0.15) is 6.61 Å². The number of hydrogen-bond donors (Lipinski definition) is 0. The van der Waals surface area contributed by atoms with Crippen LogP contribution in [-0.4, -0.2) is 11.8 Å². The van der Waals surface area contributed by atoms with Crippen molar-refractivity contribution < 1.29 is 14.3 Å². The highest BCUT2D eigenvalue weighted by Gasteiger charge is 2.24. The van der Waals surface area contributed by atoms with Crippen molar-refractivity contribution in [1.82, 2.24) is 0 Å². The highest BCUT2D eigenvalue weighted by molar-refractivity contribution is 6.00. The number of rotatable bonds is 0. The van der Waals surface area contributed by atoms with E-state index in [1.807, 2.05) is 18.2 Å². The maximum atomic E-state index is 11.4. The molecule has 3 heteroatoms. The molecule has 156 valence electrons. The highest BCUT2D eigenvalue weighted by atomic mass is 16.5. The molecule has 1 aliphatic carbocycles. The van der Waals surface area contributed by atoms with Gasteiger partial charge in [0.25, 0.3) is 0 Å². The van der Waals surface area contributed by atoms with Crippen molar-refractivity contribution in [3.63, 3.8) is 0 Å². The van der Waals surface area contributed by atoms with Gasteiger partial charge in [-0.2, -0.15) is 0 Å². The Labute approximate surface area is 175 Å². The van der Waals surface area contributed by atoms with Crippen LogP contribution in [-0.2, 0) is 28.6 Å². The second-order valence-corrected chi connectivity index (χ2v) is 9.74. The molecule has 0 amide bonds. The first kappa shape index (κ1) is 22.9. The van der Waals surface area contributed by atoms with Crippen molar-refractivity contribution in [2.24, 2.45) is 0 Å². The van der Waals surface area contributed by atoms with E-state index < -0.39 is 0 Å². The fourth-order valence-electron chi connectivity index (χ4n) is 3.50. The van der Waals surface area contributed by atoms with Gasteiger partial charge in [-0.1, -0.05) is 79.3 Å². The lowest BCUT2D eigenvalue weighted by molar-refractivity contribution is 0.0535. The number of carbonyl (C=O) groups is 2. The second-order valence-electron chi connectivity index (χ2n) is 9.74. The van der Waals surface area contributed by atoms with Gasteiger partial charge in [0, 0.05) is 17.5 Å². The second kappa shape index (κ2) is 8.14. The third-order valence-corrected chi connectivity index (χ3v) is 5.45. The summed E-state index contributed by atoms with van der Waals surface area (Å²) in [4.78, 5) is 22.7. The molecule has 2 aromatic rings. The van der Waals surface area contributed by atoms with E-state index >= 15 is 0 Å². The Morgan fingerprint density at radius 1 is 0.724 bits per heavy atom. The number of fused-ring (bicyclic) bond motifs is 2. The van der Waals surface area contributed by atoms with Crippen molar-refractivity contribution in [2.45, 2.75) is 79.2 Å². The lowest BCUT2D eigenvalue weighted by atomic mass is 9.85. The summed E-state index contributed by atoms with van der Waals surface area (Å²) in [5.74, 6) is 0.117. The molecule has 2 aromatic carbocycles. The number of esters is 1. The number of aryl methyl sites for hydroxylation is 1. The zero-order chi connectivity index (χ0) is 20.7. The first-order valence-electron chi connectivity index (χ1n) is 9.94. The molecule has 4 rings (SSSR count).